The van der Waals surface area contributed by atoms with E-state index in [0.29, 0.717) is 11.8 Å². The maximum Gasteiger partial charge on any atom is 0.257 e. The molecule has 1 atom stereocenters. The Morgan fingerprint density at radius 2 is 2.09 bits per heavy atom. The standard InChI is InChI=1S/C15H12N4OS2/c1-9(13-18-19-14(20-13)12-7-4-8-21-12)22-15-16-10-5-2-3-6-11(10)17-15/h2-9H,1H3,(H,16,17)/t9-/m0/s1. The lowest BCUT2D eigenvalue weighted by molar-refractivity contribution is 0.510. The molecule has 0 aliphatic rings. The van der Waals surface area contributed by atoms with Gasteiger partial charge in [0.15, 0.2) is 5.16 Å². The van der Waals surface area contributed by atoms with Crippen molar-refractivity contribution in [3.8, 4) is 10.8 Å². The predicted molar refractivity (Wildman–Crippen MR) is 88.0 cm³/mol. The number of hydrogen-bond donors (Lipinski definition) is 1. The fraction of sp³-hybridized carbons (Fsp3) is 0.133. The van der Waals surface area contributed by atoms with E-state index in [1.807, 2.05) is 48.7 Å². The van der Waals surface area contributed by atoms with Crippen molar-refractivity contribution in [3.05, 3.63) is 47.7 Å². The highest BCUT2D eigenvalue weighted by molar-refractivity contribution is 7.99. The molecule has 0 unspecified atom stereocenters. The lowest BCUT2D eigenvalue weighted by Crippen LogP contribution is -1.89. The minimum atomic E-state index is 0.0294. The molecule has 0 saturated carbocycles. The van der Waals surface area contributed by atoms with Gasteiger partial charge in [0.25, 0.3) is 5.89 Å². The van der Waals surface area contributed by atoms with Gasteiger partial charge in [0.1, 0.15) is 0 Å². The molecule has 5 nitrogen and oxygen atoms in total. The minimum absolute atomic E-state index is 0.0294. The van der Waals surface area contributed by atoms with Gasteiger partial charge >= 0.3 is 0 Å². The lowest BCUT2D eigenvalue weighted by Gasteiger charge is -2.02. The molecule has 0 aliphatic carbocycles. The number of H-pyrrole nitrogens is 1. The first-order chi connectivity index (χ1) is 10.8. The number of thiophene rings is 1. The smallest absolute Gasteiger partial charge is 0.257 e. The normalized spacial score (nSPS) is 12.8. The fourth-order valence-electron chi connectivity index (χ4n) is 2.10. The van der Waals surface area contributed by atoms with Gasteiger partial charge in [0.05, 0.1) is 21.2 Å². The third-order valence-corrected chi connectivity index (χ3v) is 5.01. The molecular formula is C15H12N4OS2. The zero-order valence-electron chi connectivity index (χ0n) is 11.7. The van der Waals surface area contributed by atoms with Gasteiger partial charge in [-0.2, -0.15) is 0 Å². The van der Waals surface area contributed by atoms with Crippen molar-refractivity contribution < 1.29 is 4.42 Å². The molecule has 4 aromatic rings. The first-order valence-corrected chi connectivity index (χ1v) is 8.54. The molecule has 1 N–H and O–H groups in total. The molecule has 4 rings (SSSR count). The summed E-state index contributed by atoms with van der Waals surface area (Å²) in [6, 6.07) is 11.9. The maximum absolute atomic E-state index is 5.76. The third-order valence-electron chi connectivity index (χ3n) is 3.18. The van der Waals surface area contributed by atoms with E-state index in [0.717, 1.165) is 21.1 Å². The first-order valence-electron chi connectivity index (χ1n) is 6.78. The molecule has 3 heterocycles. The number of nitrogens with one attached hydrogen (secondary N) is 1. The van der Waals surface area contributed by atoms with Crippen LogP contribution in [0.3, 0.4) is 0 Å². The molecule has 0 saturated heterocycles. The van der Waals surface area contributed by atoms with Gasteiger partial charge in [0.2, 0.25) is 5.89 Å². The molecule has 0 radical (unpaired) electrons. The molecule has 0 bridgehead atoms. The van der Waals surface area contributed by atoms with E-state index in [-0.39, 0.29) is 5.25 Å². The first kappa shape index (κ1) is 13.5. The van der Waals surface area contributed by atoms with E-state index >= 15 is 0 Å². The molecule has 0 spiro atoms. The minimum Gasteiger partial charge on any atom is -0.419 e. The number of aromatic nitrogens is 4. The van der Waals surface area contributed by atoms with Crippen LogP contribution in [0, 0.1) is 0 Å². The van der Waals surface area contributed by atoms with Crippen LogP contribution in [0.4, 0.5) is 0 Å². The second-order valence-electron chi connectivity index (χ2n) is 4.74. The van der Waals surface area contributed by atoms with Crippen LogP contribution in [0.5, 0.6) is 0 Å². The highest BCUT2D eigenvalue weighted by atomic mass is 32.2. The van der Waals surface area contributed by atoms with Gasteiger partial charge < -0.3 is 9.40 Å². The number of imidazole rings is 1. The van der Waals surface area contributed by atoms with Crippen molar-refractivity contribution in [3.63, 3.8) is 0 Å². The summed E-state index contributed by atoms with van der Waals surface area (Å²) in [5, 5.41) is 11.1. The molecule has 22 heavy (non-hydrogen) atoms. The summed E-state index contributed by atoms with van der Waals surface area (Å²) in [4.78, 5) is 8.83. The Bertz CT molecular complexity index is 864. The van der Waals surface area contributed by atoms with Gasteiger partial charge in [-0.25, -0.2) is 4.98 Å². The van der Waals surface area contributed by atoms with Crippen molar-refractivity contribution in [1.82, 2.24) is 20.2 Å². The van der Waals surface area contributed by atoms with E-state index < -0.39 is 0 Å². The summed E-state index contributed by atoms with van der Waals surface area (Å²) < 4.78 is 5.76. The lowest BCUT2D eigenvalue weighted by atomic mass is 10.3. The van der Waals surface area contributed by atoms with Gasteiger partial charge in [0, 0.05) is 0 Å². The highest BCUT2D eigenvalue weighted by Crippen LogP contribution is 2.35. The highest BCUT2D eigenvalue weighted by Gasteiger charge is 2.18. The Morgan fingerprint density at radius 1 is 1.18 bits per heavy atom. The summed E-state index contributed by atoms with van der Waals surface area (Å²) in [5.41, 5.74) is 1.99. The van der Waals surface area contributed by atoms with Crippen molar-refractivity contribution >= 4 is 34.1 Å². The van der Waals surface area contributed by atoms with E-state index in [2.05, 4.69) is 20.2 Å². The number of fused-ring (bicyclic) bond motifs is 1. The van der Waals surface area contributed by atoms with Crippen LogP contribution in [0.1, 0.15) is 18.1 Å². The monoisotopic (exact) mass is 328 g/mol. The molecule has 0 amide bonds. The summed E-state index contributed by atoms with van der Waals surface area (Å²) in [6.07, 6.45) is 0. The Hall–Kier alpha value is -2.12. The Labute approximate surface area is 134 Å². The largest absolute Gasteiger partial charge is 0.419 e. The molecular weight excluding hydrogens is 316 g/mol. The topological polar surface area (TPSA) is 67.6 Å². The Kier molecular flexibility index (Phi) is 3.44. The zero-order valence-corrected chi connectivity index (χ0v) is 13.3. The van der Waals surface area contributed by atoms with E-state index in [9.17, 15) is 0 Å². The number of rotatable bonds is 4. The number of aromatic amines is 1. The molecule has 110 valence electrons. The summed E-state index contributed by atoms with van der Waals surface area (Å²) >= 11 is 3.16. The van der Waals surface area contributed by atoms with Gasteiger partial charge in [-0.05, 0) is 30.5 Å². The van der Waals surface area contributed by atoms with Gasteiger partial charge in [-0.3, -0.25) is 0 Å². The second kappa shape index (κ2) is 5.58. The fourth-order valence-corrected chi connectivity index (χ4v) is 3.60. The number of nitrogens with zero attached hydrogens (tertiary/aromatic N) is 3. The SMILES string of the molecule is C[C@H](Sc1nc2ccccc2[nH]1)c1nnc(-c2cccs2)o1. The molecule has 3 aromatic heterocycles. The molecule has 0 fully saturated rings. The van der Waals surface area contributed by atoms with Crippen LogP contribution in [0.25, 0.3) is 21.8 Å². The summed E-state index contributed by atoms with van der Waals surface area (Å²) in [6.45, 7) is 2.03. The predicted octanol–water partition coefficient (Wildman–Crippen LogP) is 4.53. The van der Waals surface area contributed by atoms with E-state index in [1.54, 1.807) is 23.1 Å². The van der Waals surface area contributed by atoms with Crippen molar-refractivity contribution in [2.45, 2.75) is 17.3 Å². The van der Waals surface area contributed by atoms with Crippen molar-refractivity contribution in [2.24, 2.45) is 0 Å². The van der Waals surface area contributed by atoms with Crippen LogP contribution in [-0.4, -0.2) is 20.2 Å². The third kappa shape index (κ3) is 2.53. The quantitative estimate of drug-likeness (QED) is 0.558. The molecule has 7 heteroatoms. The molecule has 1 aromatic carbocycles. The number of para-hydroxylation sites is 2. The van der Waals surface area contributed by atoms with Crippen LogP contribution < -0.4 is 0 Å². The number of hydrogen-bond acceptors (Lipinski definition) is 6. The average Bonchev–Trinajstić information content (AvgIpc) is 3.26. The van der Waals surface area contributed by atoms with Crippen LogP contribution in [-0.2, 0) is 0 Å². The van der Waals surface area contributed by atoms with E-state index in [1.165, 1.54) is 0 Å². The number of thioether (sulfide) groups is 1. The maximum atomic E-state index is 5.76. The second-order valence-corrected chi connectivity index (χ2v) is 7.02. The summed E-state index contributed by atoms with van der Waals surface area (Å²) in [7, 11) is 0. The Balaban J connectivity index is 1.55. The van der Waals surface area contributed by atoms with Crippen LogP contribution in [0.15, 0.2) is 51.4 Å². The number of benzene rings is 1. The Morgan fingerprint density at radius 3 is 2.91 bits per heavy atom. The van der Waals surface area contributed by atoms with Crippen molar-refractivity contribution in [1.29, 1.82) is 0 Å². The molecule has 0 aliphatic heterocycles. The zero-order chi connectivity index (χ0) is 14.9. The van der Waals surface area contributed by atoms with Gasteiger partial charge in [-0.1, -0.05) is 30.0 Å². The van der Waals surface area contributed by atoms with Crippen LogP contribution in [0.2, 0.25) is 0 Å². The van der Waals surface area contributed by atoms with Crippen molar-refractivity contribution in [2.75, 3.05) is 0 Å². The van der Waals surface area contributed by atoms with Gasteiger partial charge in [-0.15, -0.1) is 21.5 Å². The summed E-state index contributed by atoms with van der Waals surface area (Å²) in [5.74, 6) is 1.18. The van der Waals surface area contributed by atoms with E-state index in [4.69, 9.17) is 4.42 Å². The van der Waals surface area contributed by atoms with Crippen LogP contribution >= 0.6 is 23.1 Å². The average molecular weight is 328 g/mol.